The molecule has 2 bridgehead atoms. The van der Waals surface area contributed by atoms with E-state index in [2.05, 4.69) is 46.1 Å². The first-order valence-corrected chi connectivity index (χ1v) is 18.6. The number of nitrogens with zero attached hydrogens (tertiary/aromatic N) is 6. The topological polar surface area (TPSA) is 98.1 Å². The molecule has 0 unspecified atom stereocenters. The fraction of sp³-hybridized carbons (Fsp3) is 0.568. The Morgan fingerprint density at radius 3 is 2.51 bits per heavy atom. The van der Waals surface area contributed by atoms with Crippen molar-refractivity contribution in [3.8, 4) is 0 Å². The zero-order valence-electron chi connectivity index (χ0n) is 29.0. The summed E-state index contributed by atoms with van der Waals surface area (Å²) >= 11 is 12.7. The van der Waals surface area contributed by atoms with Crippen LogP contribution in [0.4, 0.5) is 11.6 Å². The number of nitrogens with one attached hydrogen (secondary N) is 2. The minimum atomic E-state index is -0.0754. The van der Waals surface area contributed by atoms with Crippen LogP contribution >= 0.6 is 23.2 Å². The maximum absolute atomic E-state index is 14.2. The van der Waals surface area contributed by atoms with Gasteiger partial charge < -0.3 is 20.4 Å². The molecule has 0 radical (unpaired) electrons. The molecule has 2 aromatic carbocycles. The average molecular weight is 708 g/mol. The van der Waals surface area contributed by atoms with E-state index in [1.807, 2.05) is 41.8 Å². The number of piperazine rings is 2. The van der Waals surface area contributed by atoms with Crippen molar-refractivity contribution in [1.82, 2.24) is 24.7 Å². The van der Waals surface area contributed by atoms with Gasteiger partial charge in [0.2, 0.25) is 11.9 Å². The van der Waals surface area contributed by atoms with Crippen LogP contribution in [0.5, 0.6) is 0 Å². The molecule has 3 aliphatic carbocycles. The van der Waals surface area contributed by atoms with E-state index < -0.39 is 0 Å². The summed E-state index contributed by atoms with van der Waals surface area (Å²) in [5.74, 6) is 3.39. The van der Waals surface area contributed by atoms with E-state index in [0.717, 1.165) is 61.6 Å². The van der Waals surface area contributed by atoms with E-state index in [4.69, 9.17) is 33.2 Å². The summed E-state index contributed by atoms with van der Waals surface area (Å²) in [6.07, 6.45) is 4.29. The van der Waals surface area contributed by atoms with Crippen molar-refractivity contribution >= 4 is 57.6 Å². The Morgan fingerprint density at radius 2 is 1.82 bits per heavy atom. The number of carbonyl (C=O) groups is 1. The lowest BCUT2D eigenvalue weighted by Gasteiger charge is -2.49. The van der Waals surface area contributed by atoms with Crippen molar-refractivity contribution in [2.45, 2.75) is 78.0 Å². The molecular weight excluding hydrogens is 659 g/mol. The highest BCUT2D eigenvalue weighted by molar-refractivity contribution is 6.35. The molecule has 2 saturated heterocycles. The minimum Gasteiger partial charge on any atom is -0.350 e. The highest BCUT2D eigenvalue weighted by Crippen LogP contribution is 2.49. The summed E-state index contributed by atoms with van der Waals surface area (Å²) in [5.41, 5.74) is 2.29. The third-order valence-corrected chi connectivity index (χ3v) is 11.7. The largest absolute Gasteiger partial charge is 0.350 e. The second-order valence-corrected chi connectivity index (χ2v) is 15.7. The van der Waals surface area contributed by atoms with E-state index in [-0.39, 0.29) is 30.1 Å². The molecular formula is C37H48Cl2N8O2. The number of hydrogen-bond acceptors (Lipinski definition) is 6. The third-order valence-electron chi connectivity index (χ3n) is 11.2. The summed E-state index contributed by atoms with van der Waals surface area (Å²) in [4.78, 5) is 44.1. The Balaban J connectivity index is 1.23. The number of carbonyl (C=O) groups excluding carboxylic acids is 1. The lowest BCUT2D eigenvalue weighted by Crippen LogP contribution is -2.56. The molecule has 49 heavy (non-hydrogen) atoms. The van der Waals surface area contributed by atoms with Gasteiger partial charge in [-0.1, -0.05) is 36.2 Å². The van der Waals surface area contributed by atoms with E-state index in [9.17, 15) is 9.59 Å². The van der Waals surface area contributed by atoms with Crippen molar-refractivity contribution in [3.63, 3.8) is 0 Å². The van der Waals surface area contributed by atoms with Crippen molar-refractivity contribution < 1.29 is 4.79 Å². The summed E-state index contributed by atoms with van der Waals surface area (Å²) < 4.78 is 1.81. The predicted octanol–water partition coefficient (Wildman–Crippen LogP) is 5.50. The van der Waals surface area contributed by atoms with Gasteiger partial charge in [0, 0.05) is 67.1 Å². The molecule has 12 heteroatoms. The number of rotatable bonds is 7. The molecule has 2 aliphatic heterocycles. The first-order chi connectivity index (χ1) is 23.5. The number of benzene rings is 2. The van der Waals surface area contributed by atoms with Gasteiger partial charge in [-0.25, -0.2) is 9.98 Å². The number of aliphatic imine (C=N–C) groups is 1. The standard InChI is InChI=1S/C37H48Cl2N8O2/c1-22(2)44-11-13-45(14-12-44)37-43-33-19-29(7-8-30(33)35(49)47(37)10-9-26-5-6-28(38)18-31(26)39)41-36(46-20-23(3)40-34(48)21-46)42-32-17-25-15-27(16-25)24(32)4/h5-8,18-19,22-25,27,32H,9-17,20-21H2,1-4H3,(H,40,48)(H,41,42)/t23-,24-,25?,27?,32-/m0/s1. The number of halogens is 2. The first-order valence-electron chi connectivity index (χ1n) is 17.9. The summed E-state index contributed by atoms with van der Waals surface area (Å²) in [7, 11) is 0. The summed E-state index contributed by atoms with van der Waals surface area (Å²) in [6, 6.07) is 11.9. The monoisotopic (exact) mass is 706 g/mol. The molecule has 3 atom stereocenters. The van der Waals surface area contributed by atoms with Gasteiger partial charge in [0.05, 0.1) is 23.5 Å². The van der Waals surface area contributed by atoms with Gasteiger partial charge in [0.15, 0.2) is 5.96 Å². The van der Waals surface area contributed by atoms with Gasteiger partial charge >= 0.3 is 0 Å². The van der Waals surface area contributed by atoms with Gasteiger partial charge in [0.1, 0.15) is 0 Å². The molecule has 0 spiro atoms. The summed E-state index contributed by atoms with van der Waals surface area (Å²) in [6.45, 7) is 13.5. The molecule has 10 nitrogen and oxygen atoms in total. The van der Waals surface area contributed by atoms with Crippen LogP contribution in [0.3, 0.4) is 0 Å². The van der Waals surface area contributed by atoms with Crippen molar-refractivity contribution in [3.05, 3.63) is 62.4 Å². The Morgan fingerprint density at radius 1 is 1.04 bits per heavy atom. The lowest BCUT2D eigenvalue weighted by molar-refractivity contribution is -0.123. The van der Waals surface area contributed by atoms with Crippen LogP contribution in [0.15, 0.2) is 46.2 Å². The zero-order valence-corrected chi connectivity index (χ0v) is 30.5. The molecule has 5 fully saturated rings. The normalized spacial score (nSPS) is 26.2. The molecule has 8 rings (SSSR count). The van der Waals surface area contributed by atoms with Crippen LogP contribution in [-0.2, 0) is 17.8 Å². The van der Waals surface area contributed by atoms with Crippen molar-refractivity contribution in [1.29, 1.82) is 0 Å². The summed E-state index contributed by atoms with van der Waals surface area (Å²) in [5, 5.41) is 8.36. The minimum absolute atomic E-state index is 0.00406. The smallest absolute Gasteiger partial charge is 0.262 e. The second-order valence-electron chi connectivity index (χ2n) is 14.9. The number of fused-ring (bicyclic) bond motifs is 3. The fourth-order valence-corrected chi connectivity index (χ4v) is 8.65. The van der Waals surface area contributed by atoms with Crippen molar-refractivity contribution in [2.24, 2.45) is 22.7 Å². The van der Waals surface area contributed by atoms with Crippen LogP contribution in [0.25, 0.3) is 10.9 Å². The highest BCUT2D eigenvalue weighted by atomic mass is 35.5. The Labute approximate surface area is 298 Å². The second kappa shape index (κ2) is 14.1. The Kier molecular flexibility index (Phi) is 9.83. The number of aromatic nitrogens is 2. The van der Waals surface area contributed by atoms with Gasteiger partial charge in [-0.2, -0.15) is 0 Å². The maximum Gasteiger partial charge on any atom is 0.262 e. The van der Waals surface area contributed by atoms with Crippen LogP contribution in [-0.4, -0.2) is 88.6 Å². The molecule has 1 amide bonds. The van der Waals surface area contributed by atoms with E-state index in [0.29, 0.717) is 58.4 Å². The molecule has 2 N–H and O–H groups in total. The van der Waals surface area contributed by atoms with E-state index >= 15 is 0 Å². The van der Waals surface area contributed by atoms with E-state index in [1.54, 1.807) is 6.07 Å². The third kappa shape index (κ3) is 7.28. The van der Waals surface area contributed by atoms with Crippen LogP contribution in [0.1, 0.15) is 52.5 Å². The zero-order chi connectivity index (χ0) is 34.4. The quantitative estimate of drug-likeness (QED) is 0.248. The van der Waals surface area contributed by atoms with E-state index in [1.165, 1.54) is 12.8 Å². The average Bonchev–Trinajstić information content (AvgIpc) is 3.04. The number of anilines is 2. The Bertz CT molecular complexity index is 1800. The Hall–Kier alpha value is -3.34. The van der Waals surface area contributed by atoms with Crippen LogP contribution in [0.2, 0.25) is 10.0 Å². The molecule has 3 aromatic rings. The highest BCUT2D eigenvalue weighted by Gasteiger charge is 2.44. The molecule has 262 valence electrons. The van der Waals surface area contributed by atoms with Crippen molar-refractivity contribution in [2.75, 3.05) is 49.5 Å². The maximum atomic E-state index is 14.2. The number of guanidine groups is 1. The number of amides is 1. The molecule has 1 aromatic heterocycles. The SMILES string of the molecule is CC(C)N1CCN(c2nc3cc(NC(=N[C@H]4CC5CC(C5)[C@@H]4C)N4CC(=O)N[C@@H](C)C4)ccc3c(=O)n2CCc2ccc(Cl)cc2Cl)CC1. The molecule has 5 aliphatic rings. The number of aryl methyl sites for hydroxylation is 1. The van der Waals surface area contributed by atoms with Crippen LogP contribution < -0.4 is 21.1 Å². The molecule has 3 saturated carbocycles. The van der Waals surface area contributed by atoms with Gasteiger partial charge in [0.25, 0.3) is 5.56 Å². The number of hydrogen-bond donors (Lipinski definition) is 2. The van der Waals surface area contributed by atoms with Gasteiger partial charge in [-0.05, 0) is 100 Å². The van der Waals surface area contributed by atoms with Gasteiger partial charge in [-0.3, -0.25) is 19.1 Å². The molecule has 3 heterocycles. The lowest BCUT2D eigenvalue weighted by atomic mass is 9.59. The van der Waals surface area contributed by atoms with Gasteiger partial charge in [-0.15, -0.1) is 0 Å². The fourth-order valence-electron chi connectivity index (χ4n) is 8.15. The predicted molar refractivity (Wildman–Crippen MR) is 199 cm³/mol. The van der Waals surface area contributed by atoms with Crippen LogP contribution in [0, 0.1) is 17.8 Å². The first kappa shape index (κ1) is 34.1.